The molecule has 11 heavy (non-hydrogen) atoms. The molecule has 0 N–H and O–H groups in total. The first-order valence-electron chi connectivity index (χ1n) is 3.37. The van der Waals surface area contributed by atoms with Gasteiger partial charge in [-0.2, -0.15) is 5.26 Å². The summed E-state index contributed by atoms with van der Waals surface area (Å²) in [5.74, 6) is 0. The first-order chi connectivity index (χ1) is 5.38. The zero-order valence-corrected chi connectivity index (χ0v) is 6.27. The van der Waals surface area contributed by atoms with Gasteiger partial charge < -0.3 is 4.74 Å². The smallest absolute Gasteiger partial charge is 0.224 e. The lowest BCUT2D eigenvalue weighted by Crippen LogP contribution is -2.08. The van der Waals surface area contributed by atoms with Gasteiger partial charge in [0, 0.05) is 19.0 Å². The van der Waals surface area contributed by atoms with Crippen LogP contribution in [-0.4, -0.2) is 16.2 Å². The van der Waals surface area contributed by atoms with E-state index in [0.29, 0.717) is 6.61 Å². The van der Waals surface area contributed by atoms with Crippen molar-refractivity contribution in [2.45, 2.75) is 13.2 Å². The van der Waals surface area contributed by atoms with Crippen LogP contribution in [0.15, 0.2) is 18.7 Å². The number of ether oxygens (including phenoxy) is 1. The largest absolute Gasteiger partial charge is 0.346 e. The molecule has 1 heterocycles. The highest BCUT2D eigenvalue weighted by molar-refractivity contribution is 4.87. The van der Waals surface area contributed by atoms with Crippen molar-refractivity contribution in [1.29, 1.82) is 5.26 Å². The lowest BCUT2D eigenvalue weighted by Gasteiger charge is -2.08. The van der Waals surface area contributed by atoms with Crippen LogP contribution in [0.2, 0.25) is 0 Å². The molecule has 0 saturated carbocycles. The van der Waals surface area contributed by atoms with Gasteiger partial charge in [0.25, 0.3) is 0 Å². The Balaban J connectivity index is 2.65. The lowest BCUT2D eigenvalue weighted by molar-refractivity contribution is 0.0525. The summed E-state index contributed by atoms with van der Waals surface area (Å²) in [5, 5.41) is 8.61. The Bertz CT molecular complexity index is 237. The number of hydrogen-bond acceptors (Lipinski definition) is 3. The van der Waals surface area contributed by atoms with Crippen molar-refractivity contribution in [1.82, 2.24) is 9.55 Å². The third kappa shape index (κ3) is 1.79. The van der Waals surface area contributed by atoms with Crippen LogP contribution >= 0.6 is 0 Å². The molecule has 0 bridgehead atoms. The van der Waals surface area contributed by atoms with E-state index in [2.05, 4.69) is 4.98 Å². The van der Waals surface area contributed by atoms with Crippen molar-refractivity contribution < 1.29 is 4.74 Å². The zero-order chi connectivity index (χ0) is 8.10. The summed E-state index contributed by atoms with van der Waals surface area (Å²) >= 11 is 0. The fourth-order valence-corrected chi connectivity index (χ4v) is 0.756. The Morgan fingerprint density at radius 3 is 3.09 bits per heavy atom. The minimum Gasteiger partial charge on any atom is -0.346 e. The highest BCUT2D eigenvalue weighted by Gasteiger charge is 2.05. The molecule has 1 aromatic heterocycles. The average Bonchev–Trinajstić information content (AvgIpc) is 2.52. The molecular formula is C7H9N3O. The quantitative estimate of drug-likeness (QED) is 0.646. The molecule has 0 aliphatic heterocycles. The van der Waals surface area contributed by atoms with Crippen LogP contribution in [0.4, 0.5) is 0 Å². The molecule has 0 radical (unpaired) electrons. The van der Waals surface area contributed by atoms with Crippen LogP contribution in [0.1, 0.15) is 13.2 Å². The third-order valence-electron chi connectivity index (χ3n) is 1.23. The highest BCUT2D eigenvalue weighted by atomic mass is 16.5. The van der Waals surface area contributed by atoms with E-state index in [9.17, 15) is 0 Å². The molecule has 1 unspecified atom stereocenters. The lowest BCUT2D eigenvalue weighted by atomic mass is 10.6. The molecule has 0 aliphatic carbocycles. The second-order valence-electron chi connectivity index (χ2n) is 1.95. The first kappa shape index (κ1) is 7.76. The van der Waals surface area contributed by atoms with Gasteiger partial charge in [0.2, 0.25) is 6.23 Å². The van der Waals surface area contributed by atoms with Crippen molar-refractivity contribution in [2.24, 2.45) is 0 Å². The van der Waals surface area contributed by atoms with Gasteiger partial charge in [-0.3, -0.25) is 4.57 Å². The normalized spacial score (nSPS) is 12.4. The van der Waals surface area contributed by atoms with Gasteiger partial charge >= 0.3 is 0 Å². The minimum atomic E-state index is -0.539. The van der Waals surface area contributed by atoms with E-state index in [0.717, 1.165) is 0 Å². The predicted octanol–water partition coefficient (Wildman–Crippen LogP) is 0.942. The van der Waals surface area contributed by atoms with E-state index in [1.165, 1.54) is 0 Å². The van der Waals surface area contributed by atoms with Gasteiger partial charge in [-0.1, -0.05) is 0 Å². The molecule has 4 heteroatoms. The average molecular weight is 151 g/mol. The van der Waals surface area contributed by atoms with Crippen molar-refractivity contribution in [3.05, 3.63) is 18.7 Å². The Morgan fingerprint density at radius 2 is 2.64 bits per heavy atom. The van der Waals surface area contributed by atoms with Crippen molar-refractivity contribution in [2.75, 3.05) is 6.61 Å². The maximum absolute atomic E-state index is 8.61. The van der Waals surface area contributed by atoms with Gasteiger partial charge in [-0.25, -0.2) is 4.98 Å². The Kier molecular flexibility index (Phi) is 2.64. The number of imidazole rings is 1. The molecule has 0 aliphatic rings. The monoisotopic (exact) mass is 151 g/mol. The summed E-state index contributed by atoms with van der Waals surface area (Å²) in [6.45, 7) is 2.37. The van der Waals surface area contributed by atoms with Crippen LogP contribution in [0.3, 0.4) is 0 Å². The predicted molar refractivity (Wildman–Crippen MR) is 38.5 cm³/mol. The van der Waals surface area contributed by atoms with Crippen LogP contribution in [-0.2, 0) is 4.74 Å². The first-order valence-corrected chi connectivity index (χ1v) is 3.37. The molecule has 1 aromatic rings. The summed E-state index contributed by atoms with van der Waals surface area (Å²) in [5.41, 5.74) is 0. The van der Waals surface area contributed by atoms with Crippen molar-refractivity contribution >= 4 is 0 Å². The topological polar surface area (TPSA) is 50.8 Å². The maximum Gasteiger partial charge on any atom is 0.224 e. The number of nitrogens with zero attached hydrogens (tertiary/aromatic N) is 3. The fourth-order valence-electron chi connectivity index (χ4n) is 0.756. The maximum atomic E-state index is 8.61. The molecule has 0 saturated heterocycles. The van der Waals surface area contributed by atoms with Gasteiger partial charge in [-0.05, 0) is 6.92 Å². The molecule has 1 atom stereocenters. The standard InChI is InChI=1S/C7H9N3O/c1-2-11-7(5-8)10-4-3-9-6-10/h3-4,6-7H,2H2,1H3. The zero-order valence-electron chi connectivity index (χ0n) is 6.27. The second kappa shape index (κ2) is 3.74. The Morgan fingerprint density at radius 1 is 1.82 bits per heavy atom. The molecule has 0 fully saturated rings. The van der Waals surface area contributed by atoms with Crippen LogP contribution in [0.25, 0.3) is 0 Å². The number of aromatic nitrogens is 2. The number of rotatable bonds is 3. The minimum absolute atomic E-state index is 0.524. The van der Waals surface area contributed by atoms with Gasteiger partial charge in [0.05, 0.1) is 6.33 Å². The van der Waals surface area contributed by atoms with Crippen LogP contribution < -0.4 is 0 Å². The molecule has 0 aromatic carbocycles. The van der Waals surface area contributed by atoms with E-state index in [-0.39, 0.29) is 0 Å². The summed E-state index contributed by atoms with van der Waals surface area (Å²) in [6, 6.07) is 2.01. The van der Waals surface area contributed by atoms with E-state index in [1.54, 1.807) is 23.3 Å². The molecule has 4 nitrogen and oxygen atoms in total. The number of nitriles is 1. The number of hydrogen-bond donors (Lipinski definition) is 0. The van der Waals surface area contributed by atoms with Crippen molar-refractivity contribution in [3.63, 3.8) is 0 Å². The van der Waals surface area contributed by atoms with E-state index in [1.807, 2.05) is 13.0 Å². The summed E-state index contributed by atoms with van der Waals surface area (Å²) in [4.78, 5) is 3.81. The molecule has 0 spiro atoms. The molecule has 58 valence electrons. The second-order valence-corrected chi connectivity index (χ2v) is 1.95. The fraction of sp³-hybridized carbons (Fsp3) is 0.429. The Hall–Kier alpha value is -1.34. The molecular weight excluding hydrogens is 142 g/mol. The van der Waals surface area contributed by atoms with Gasteiger partial charge in [0.1, 0.15) is 6.07 Å². The van der Waals surface area contributed by atoms with E-state index in [4.69, 9.17) is 10.00 Å². The summed E-state index contributed by atoms with van der Waals surface area (Å²) in [6.07, 6.45) is 4.33. The molecule has 0 amide bonds. The van der Waals surface area contributed by atoms with Crippen LogP contribution in [0, 0.1) is 11.3 Å². The highest BCUT2D eigenvalue weighted by Crippen LogP contribution is 2.04. The summed E-state index contributed by atoms with van der Waals surface area (Å²) in [7, 11) is 0. The summed E-state index contributed by atoms with van der Waals surface area (Å²) < 4.78 is 6.71. The Labute approximate surface area is 65.0 Å². The van der Waals surface area contributed by atoms with Crippen molar-refractivity contribution in [3.8, 4) is 6.07 Å². The SMILES string of the molecule is CCOC(C#N)n1ccnc1. The molecule has 1 rings (SSSR count). The van der Waals surface area contributed by atoms with Crippen LogP contribution in [0.5, 0.6) is 0 Å². The third-order valence-corrected chi connectivity index (χ3v) is 1.23. The van der Waals surface area contributed by atoms with E-state index < -0.39 is 6.23 Å². The van der Waals surface area contributed by atoms with Gasteiger partial charge in [-0.15, -0.1) is 0 Å². The van der Waals surface area contributed by atoms with Gasteiger partial charge in [0.15, 0.2) is 0 Å². The van der Waals surface area contributed by atoms with E-state index >= 15 is 0 Å².